The number of aromatic nitrogens is 4. The van der Waals surface area contributed by atoms with Crippen LogP contribution in [0.5, 0.6) is 0 Å². The Kier molecular flexibility index (Phi) is 3.25. The number of rotatable bonds is 3. The van der Waals surface area contributed by atoms with Gasteiger partial charge in [-0.25, -0.2) is 9.48 Å². The first kappa shape index (κ1) is 13.4. The molecule has 3 aromatic rings. The van der Waals surface area contributed by atoms with Crippen LogP contribution in [0.15, 0.2) is 47.3 Å². The maximum atomic E-state index is 12.4. The molecule has 0 saturated heterocycles. The third kappa shape index (κ3) is 2.31. The van der Waals surface area contributed by atoms with E-state index in [1.54, 1.807) is 11.7 Å². The molecular weight excluding hydrogens is 264 g/mol. The lowest BCUT2D eigenvalue weighted by atomic mass is 10.1. The van der Waals surface area contributed by atoms with E-state index in [1.807, 2.05) is 61.0 Å². The highest BCUT2D eigenvalue weighted by Gasteiger charge is 2.15. The zero-order valence-corrected chi connectivity index (χ0v) is 12.4. The van der Waals surface area contributed by atoms with Crippen LogP contribution < -0.4 is 5.69 Å². The Bertz CT molecular complexity index is 804. The van der Waals surface area contributed by atoms with E-state index < -0.39 is 0 Å². The second kappa shape index (κ2) is 5.09. The van der Waals surface area contributed by atoms with E-state index in [0.717, 1.165) is 22.8 Å². The number of hydrogen-bond acceptors (Lipinski definition) is 2. The Labute approximate surface area is 123 Å². The predicted molar refractivity (Wildman–Crippen MR) is 81.4 cm³/mol. The van der Waals surface area contributed by atoms with Crippen LogP contribution in [0.3, 0.4) is 0 Å². The highest BCUT2D eigenvalue weighted by molar-refractivity contribution is 5.20. The summed E-state index contributed by atoms with van der Waals surface area (Å²) in [6.45, 7) is 3.97. The molecule has 21 heavy (non-hydrogen) atoms. The molecule has 5 heteroatoms. The third-order valence-electron chi connectivity index (χ3n) is 3.61. The van der Waals surface area contributed by atoms with E-state index in [0.29, 0.717) is 6.42 Å². The molecule has 0 N–H and O–H groups in total. The summed E-state index contributed by atoms with van der Waals surface area (Å²) in [5, 5.41) is 4.39. The molecule has 0 amide bonds. The second-order valence-corrected chi connectivity index (χ2v) is 5.22. The summed E-state index contributed by atoms with van der Waals surface area (Å²) in [5.74, 6) is 0.733. The SMILES string of the molecule is Cc1ccc(C)n1-n1c(Cc2ccccc2)nn(C)c1=O. The van der Waals surface area contributed by atoms with Crippen LogP contribution in [-0.2, 0) is 13.5 Å². The van der Waals surface area contributed by atoms with Crippen molar-refractivity contribution in [2.45, 2.75) is 20.3 Å². The van der Waals surface area contributed by atoms with E-state index in [9.17, 15) is 4.79 Å². The highest BCUT2D eigenvalue weighted by Crippen LogP contribution is 2.11. The molecule has 0 bridgehead atoms. The van der Waals surface area contributed by atoms with Gasteiger partial charge >= 0.3 is 5.69 Å². The molecule has 1 aromatic carbocycles. The molecule has 0 radical (unpaired) electrons. The molecule has 2 heterocycles. The van der Waals surface area contributed by atoms with Crippen molar-refractivity contribution >= 4 is 0 Å². The van der Waals surface area contributed by atoms with Gasteiger partial charge in [-0.3, -0.25) is 4.68 Å². The summed E-state index contributed by atoms with van der Waals surface area (Å²) in [6.07, 6.45) is 0.619. The summed E-state index contributed by atoms with van der Waals surface area (Å²) in [5.41, 5.74) is 3.02. The van der Waals surface area contributed by atoms with Gasteiger partial charge in [0.1, 0.15) is 0 Å². The third-order valence-corrected chi connectivity index (χ3v) is 3.61. The van der Waals surface area contributed by atoms with Crippen molar-refractivity contribution in [2.75, 3.05) is 0 Å². The Morgan fingerprint density at radius 2 is 1.57 bits per heavy atom. The topological polar surface area (TPSA) is 44.8 Å². The standard InChI is InChI=1S/C16H18N4O/c1-12-9-10-13(2)19(12)20-15(17-18(3)16(20)21)11-14-7-5-4-6-8-14/h4-10H,11H2,1-3H3. The minimum absolute atomic E-state index is 0.136. The van der Waals surface area contributed by atoms with Gasteiger partial charge in [-0.15, -0.1) is 0 Å². The van der Waals surface area contributed by atoms with Crippen LogP contribution in [0.25, 0.3) is 0 Å². The summed E-state index contributed by atoms with van der Waals surface area (Å²) < 4.78 is 4.95. The monoisotopic (exact) mass is 282 g/mol. The first-order chi connectivity index (χ1) is 10.1. The van der Waals surface area contributed by atoms with Crippen LogP contribution in [0.4, 0.5) is 0 Å². The van der Waals surface area contributed by atoms with Crippen molar-refractivity contribution in [3.05, 3.63) is 75.7 Å². The fraction of sp³-hybridized carbons (Fsp3) is 0.250. The van der Waals surface area contributed by atoms with E-state index >= 15 is 0 Å². The Balaban J connectivity index is 2.15. The minimum atomic E-state index is -0.136. The van der Waals surface area contributed by atoms with Crippen LogP contribution in [0, 0.1) is 13.8 Å². The smallest absolute Gasteiger partial charge is 0.253 e. The van der Waals surface area contributed by atoms with Crippen molar-refractivity contribution < 1.29 is 0 Å². The molecule has 108 valence electrons. The van der Waals surface area contributed by atoms with Crippen molar-refractivity contribution in [3.8, 4) is 0 Å². The first-order valence-electron chi connectivity index (χ1n) is 6.92. The molecular formula is C16H18N4O. The van der Waals surface area contributed by atoms with Crippen LogP contribution >= 0.6 is 0 Å². The quantitative estimate of drug-likeness (QED) is 0.736. The number of hydrogen-bond donors (Lipinski definition) is 0. The highest BCUT2D eigenvalue weighted by atomic mass is 16.2. The number of aryl methyl sites for hydroxylation is 3. The lowest BCUT2D eigenvalue weighted by Crippen LogP contribution is -2.30. The molecule has 0 atom stereocenters. The van der Waals surface area contributed by atoms with E-state index in [-0.39, 0.29) is 5.69 Å². The van der Waals surface area contributed by atoms with Gasteiger partial charge in [-0.1, -0.05) is 30.3 Å². The maximum absolute atomic E-state index is 12.4. The van der Waals surface area contributed by atoms with E-state index in [2.05, 4.69) is 5.10 Å². The van der Waals surface area contributed by atoms with E-state index in [1.165, 1.54) is 4.68 Å². The Morgan fingerprint density at radius 3 is 2.19 bits per heavy atom. The van der Waals surface area contributed by atoms with Gasteiger partial charge in [0.05, 0.1) is 0 Å². The van der Waals surface area contributed by atoms with Crippen molar-refractivity contribution in [3.63, 3.8) is 0 Å². The minimum Gasteiger partial charge on any atom is -0.253 e. The van der Waals surface area contributed by atoms with Gasteiger partial charge in [0.25, 0.3) is 0 Å². The normalized spacial score (nSPS) is 11.0. The van der Waals surface area contributed by atoms with Crippen molar-refractivity contribution in [2.24, 2.45) is 7.05 Å². The summed E-state index contributed by atoms with van der Waals surface area (Å²) in [4.78, 5) is 12.4. The molecule has 0 aliphatic rings. The number of nitrogens with zero attached hydrogens (tertiary/aromatic N) is 4. The van der Waals surface area contributed by atoms with Crippen molar-refractivity contribution in [1.82, 2.24) is 19.1 Å². The fourth-order valence-corrected chi connectivity index (χ4v) is 2.57. The van der Waals surface area contributed by atoms with E-state index in [4.69, 9.17) is 0 Å². The molecule has 0 aliphatic heterocycles. The lowest BCUT2D eigenvalue weighted by Gasteiger charge is -2.11. The van der Waals surface area contributed by atoms with Gasteiger partial charge in [-0.2, -0.15) is 9.77 Å². The molecule has 2 aromatic heterocycles. The lowest BCUT2D eigenvalue weighted by molar-refractivity contribution is 0.568. The average Bonchev–Trinajstić information content (AvgIpc) is 2.93. The first-order valence-corrected chi connectivity index (χ1v) is 6.92. The zero-order chi connectivity index (χ0) is 15.0. The van der Waals surface area contributed by atoms with Gasteiger partial charge in [0, 0.05) is 24.9 Å². The van der Waals surface area contributed by atoms with Crippen LogP contribution in [0.2, 0.25) is 0 Å². The molecule has 3 rings (SSSR count). The largest absolute Gasteiger partial charge is 0.365 e. The molecule has 0 aliphatic carbocycles. The Morgan fingerprint density at radius 1 is 0.952 bits per heavy atom. The average molecular weight is 282 g/mol. The predicted octanol–water partition coefficient (Wildman–Crippen LogP) is 1.90. The zero-order valence-electron chi connectivity index (χ0n) is 12.4. The summed E-state index contributed by atoms with van der Waals surface area (Å²) in [7, 11) is 1.68. The van der Waals surface area contributed by atoms with Gasteiger partial charge in [0.15, 0.2) is 5.82 Å². The molecule has 0 fully saturated rings. The summed E-state index contributed by atoms with van der Waals surface area (Å²) >= 11 is 0. The van der Waals surface area contributed by atoms with Gasteiger partial charge < -0.3 is 0 Å². The fourth-order valence-electron chi connectivity index (χ4n) is 2.57. The Hall–Kier alpha value is -2.56. The second-order valence-electron chi connectivity index (χ2n) is 5.22. The van der Waals surface area contributed by atoms with Crippen LogP contribution in [-0.4, -0.2) is 19.1 Å². The van der Waals surface area contributed by atoms with Gasteiger partial charge in [-0.05, 0) is 31.5 Å². The van der Waals surface area contributed by atoms with Crippen LogP contribution in [0.1, 0.15) is 22.8 Å². The summed E-state index contributed by atoms with van der Waals surface area (Å²) in [6, 6.07) is 14.1. The van der Waals surface area contributed by atoms with Gasteiger partial charge in [0.2, 0.25) is 0 Å². The number of benzene rings is 1. The maximum Gasteiger partial charge on any atom is 0.365 e. The van der Waals surface area contributed by atoms with Crippen molar-refractivity contribution in [1.29, 1.82) is 0 Å². The molecule has 0 saturated carbocycles. The molecule has 0 spiro atoms. The molecule has 5 nitrogen and oxygen atoms in total. The molecule has 0 unspecified atom stereocenters.